The lowest BCUT2D eigenvalue weighted by Crippen LogP contribution is -2.03. The number of aromatic nitrogens is 4. The summed E-state index contributed by atoms with van der Waals surface area (Å²) in [6.07, 6.45) is 0. The molecular weight excluding hydrogens is 351 g/mol. The van der Waals surface area contributed by atoms with Crippen LogP contribution in [0.4, 0.5) is 0 Å². The molecule has 0 bridgehead atoms. The minimum atomic E-state index is 0.636. The molecule has 0 saturated heterocycles. The molecule has 4 nitrogen and oxygen atoms in total. The minimum Gasteiger partial charge on any atom is -0.159 e. The van der Waals surface area contributed by atoms with Crippen LogP contribution in [-0.4, -0.2) is 20.2 Å². The van der Waals surface area contributed by atoms with Crippen LogP contribution in [0, 0.1) is 3.57 Å². The maximum absolute atomic E-state index is 4.39. The fourth-order valence-corrected chi connectivity index (χ4v) is 2.13. The Kier molecular flexibility index (Phi) is 3.54. The molecule has 0 fully saturated rings. The average molecular weight is 362 g/mol. The molecule has 0 unspecified atom stereocenters. The largest absolute Gasteiger partial charge is 0.204 e. The van der Waals surface area contributed by atoms with Crippen molar-refractivity contribution >= 4 is 22.6 Å². The van der Waals surface area contributed by atoms with E-state index in [1.54, 1.807) is 4.80 Å². The first kappa shape index (κ1) is 12.3. The Hall–Kier alpha value is -1.76. The summed E-state index contributed by atoms with van der Waals surface area (Å²) >= 11 is 2.29. The predicted octanol–water partition coefficient (Wildman–Crippen LogP) is 2.99. The van der Waals surface area contributed by atoms with E-state index in [1.165, 1.54) is 3.57 Å². The molecular formula is C14H11IN4. The first-order valence-electron chi connectivity index (χ1n) is 5.89. The van der Waals surface area contributed by atoms with Gasteiger partial charge in [-0.05, 0) is 45.5 Å². The number of hydrogen-bond donors (Lipinski definition) is 0. The van der Waals surface area contributed by atoms with Crippen molar-refractivity contribution in [2.24, 2.45) is 0 Å². The molecule has 0 aliphatic heterocycles. The zero-order valence-corrected chi connectivity index (χ0v) is 12.2. The molecule has 0 amide bonds. The lowest BCUT2D eigenvalue weighted by Gasteiger charge is -1.99. The highest BCUT2D eigenvalue weighted by atomic mass is 127. The molecule has 0 saturated carbocycles. The molecule has 0 aliphatic carbocycles. The molecule has 0 spiro atoms. The van der Waals surface area contributed by atoms with E-state index in [2.05, 4.69) is 62.3 Å². The van der Waals surface area contributed by atoms with E-state index in [0.717, 1.165) is 11.1 Å². The van der Waals surface area contributed by atoms with Crippen molar-refractivity contribution in [3.05, 3.63) is 63.7 Å². The van der Waals surface area contributed by atoms with Crippen LogP contribution in [-0.2, 0) is 6.54 Å². The zero-order valence-electron chi connectivity index (χ0n) is 10.1. The van der Waals surface area contributed by atoms with Gasteiger partial charge in [0, 0.05) is 9.13 Å². The number of benzene rings is 2. The second-order valence-electron chi connectivity index (χ2n) is 4.14. The van der Waals surface area contributed by atoms with Crippen LogP contribution in [0.15, 0.2) is 54.6 Å². The maximum Gasteiger partial charge on any atom is 0.204 e. The van der Waals surface area contributed by atoms with Gasteiger partial charge in [0.2, 0.25) is 5.82 Å². The molecule has 0 radical (unpaired) electrons. The van der Waals surface area contributed by atoms with Gasteiger partial charge in [0.1, 0.15) is 0 Å². The van der Waals surface area contributed by atoms with E-state index in [9.17, 15) is 0 Å². The van der Waals surface area contributed by atoms with Gasteiger partial charge in [0.05, 0.1) is 6.54 Å². The highest BCUT2D eigenvalue weighted by Crippen LogP contribution is 2.12. The number of hydrogen-bond acceptors (Lipinski definition) is 3. The number of tetrazole rings is 1. The first-order chi connectivity index (χ1) is 9.31. The van der Waals surface area contributed by atoms with E-state index in [-0.39, 0.29) is 0 Å². The van der Waals surface area contributed by atoms with Gasteiger partial charge in [-0.1, -0.05) is 42.5 Å². The molecule has 3 rings (SSSR count). The minimum absolute atomic E-state index is 0.636. The summed E-state index contributed by atoms with van der Waals surface area (Å²) in [6, 6.07) is 18.2. The third-order valence-electron chi connectivity index (χ3n) is 2.72. The lowest BCUT2D eigenvalue weighted by molar-refractivity contribution is 0.573. The smallest absolute Gasteiger partial charge is 0.159 e. The highest BCUT2D eigenvalue weighted by molar-refractivity contribution is 14.1. The average Bonchev–Trinajstić information content (AvgIpc) is 2.91. The summed E-state index contributed by atoms with van der Waals surface area (Å²) in [4.78, 5) is 1.62. The Morgan fingerprint density at radius 2 is 1.68 bits per heavy atom. The summed E-state index contributed by atoms with van der Waals surface area (Å²) < 4.78 is 1.22. The molecule has 0 N–H and O–H groups in total. The van der Waals surface area contributed by atoms with Gasteiger partial charge in [0.25, 0.3) is 0 Å². The van der Waals surface area contributed by atoms with Gasteiger partial charge in [-0.3, -0.25) is 0 Å². The fourth-order valence-electron chi connectivity index (χ4n) is 1.77. The van der Waals surface area contributed by atoms with Crippen LogP contribution in [0.1, 0.15) is 5.56 Å². The van der Waals surface area contributed by atoms with Gasteiger partial charge in [0.15, 0.2) is 0 Å². The molecule has 0 aliphatic rings. The van der Waals surface area contributed by atoms with Gasteiger partial charge in [-0.25, -0.2) is 0 Å². The number of halogens is 1. The van der Waals surface area contributed by atoms with Gasteiger partial charge in [-0.2, -0.15) is 4.80 Å². The molecule has 19 heavy (non-hydrogen) atoms. The maximum atomic E-state index is 4.39. The molecule has 1 heterocycles. The summed E-state index contributed by atoms with van der Waals surface area (Å²) in [5.74, 6) is 0.658. The number of nitrogens with zero attached hydrogens (tertiary/aromatic N) is 4. The quantitative estimate of drug-likeness (QED) is 0.673. The van der Waals surface area contributed by atoms with Crippen molar-refractivity contribution in [2.75, 3.05) is 0 Å². The van der Waals surface area contributed by atoms with Crippen LogP contribution in [0.5, 0.6) is 0 Å². The van der Waals surface area contributed by atoms with E-state index < -0.39 is 0 Å². The third kappa shape index (κ3) is 2.98. The van der Waals surface area contributed by atoms with E-state index >= 15 is 0 Å². The topological polar surface area (TPSA) is 43.6 Å². The molecule has 5 heteroatoms. The van der Waals surface area contributed by atoms with Gasteiger partial charge < -0.3 is 0 Å². The monoisotopic (exact) mass is 362 g/mol. The Morgan fingerprint density at radius 1 is 0.947 bits per heavy atom. The third-order valence-corrected chi connectivity index (χ3v) is 3.44. The summed E-state index contributed by atoms with van der Waals surface area (Å²) in [5.41, 5.74) is 2.15. The highest BCUT2D eigenvalue weighted by Gasteiger charge is 2.05. The van der Waals surface area contributed by atoms with E-state index in [1.807, 2.05) is 30.3 Å². The summed E-state index contributed by atoms with van der Waals surface area (Å²) in [5, 5.41) is 12.6. The van der Waals surface area contributed by atoms with Crippen molar-refractivity contribution in [3.63, 3.8) is 0 Å². The van der Waals surface area contributed by atoms with Crippen LogP contribution >= 0.6 is 22.6 Å². The van der Waals surface area contributed by atoms with Crippen molar-refractivity contribution in [1.82, 2.24) is 20.2 Å². The molecule has 3 aromatic rings. The van der Waals surface area contributed by atoms with Gasteiger partial charge >= 0.3 is 0 Å². The Labute approximate surface area is 124 Å². The molecule has 1 aromatic heterocycles. The summed E-state index contributed by atoms with van der Waals surface area (Å²) in [7, 11) is 0. The lowest BCUT2D eigenvalue weighted by atomic mass is 10.2. The Bertz CT molecular complexity index is 661. The van der Waals surface area contributed by atoms with Crippen molar-refractivity contribution in [1.29, 1.82) is 0 Å². The predicted molar refractivity (Wildman–Crippen MR) is 81.5 cm³/mol. The van der Waals surface area contributed by atoms with Crippen LogP contribution in [0.2, 0.25) is 0 Å². The molecule has 0 atom stereocenters. The summed E-state index contributed by atoms with van der Waals surface area (Å²) in [6.45, 7) is 0.636. The van der Waals surface area contributed by atoms with Gasteiger partial charge in [-0.15, -0.1) is 10.2 Å². The standard InChI is InChI=1S/C14H11IN4/c15-13-8-6-11(7-9-13)10-19-17-14(16-18-19)12-4-2-1-3-5-12/h1-9H,10H2. The normalized spacial score (nSPS) is 10.6. The second kappa shape index (κ2) is 5.48. The van der Waals surface area contributed by atoms with Crippen LogP contribution < -0.4 is 0 Å². The van der Waals surface area contributed by atoms with Crippen LogP contribution in [0.3, 0.4) is 0 Å². The number of rotatable bonds is 3. The van der Waals surface area contributed by atoms with Crippen molar-refractivity contribution in [2.45, 2.75) is 6.54 Å². The van der Waals surface area contributed by atoms with Crippen molar-refractivity contribution < 1.29 is 0 Å². The fraction of sp³-hybridized carbons (Fsp3) is 0.0714. The SMILES string of the molecule is Ic1ccc(Cn2nnc(-c3ccccc3)n2)cc1. The molecule has 94 valence electrons. The zero-order chi connectivity index (χ0) is 13.1. The van der Waals surface area contributed by atoms with E-state index in [4.69, 9.17) is 0 Å². The first-order valence-corrected chi connectivity index (χ1v) is 6.97. The Morgan fingerprint density at radius 3 is 2.42 bits per heavy atom. The Balaban J connectivity index is 1.80. The second-order valence-corrected chi connectivity index (χ2v) is 5.38. The molecule has 2 aromatic carbocycles. The van der Waals surface area contributed by atoms with Crippen LogP contribution in [0.25, 0.3) is 11.4 Å². The van der Waals surface area contributed by atoms with Crippen molar-refractivity contribution in [3.8, 4) is 11.4 Å². The van der Waals surface area contributed by atoms with E-state index in [0.29, 0.717) is 12.4 Å².